The van der Waals surface area contributed by atoms with E-state index in [9.17, 15) is 40.2 Å². The van der Waals surface area contributed by atoms with Crippen LogP contribution in [0.4, 0.5) is 0 Å². The van der Waals surface area contributed by atoms with Crippen molar-refractivity contribution in [2.45, 2.75) is 0 Å². The monoisotopic (exact) mass is 464 g/mol. The molecule has 0 fully saturated rings. The van der Waals surface area contributed by atoms with Crippen LogP contribution in [-0.2, 0) is 0 Å². The first-order valence-electron chi connectivity index (χ1n) is 9.61. The molecule has 6 N–H and O–H groups in total. The minimum absolute atomic E-state index is 0.112. The number of phenols is 6. The number of carbonyl (C=O) groups excluding carboxylic acids is 2. The summed E-state index contributed by atoms with van der Waals surface area (Å²) >= 11 is 0. The van der Waals surface area contributed by atoms with Crippen LogP contribution in [0, 0.1) is 0 Å². The number of phenolic OH excluding ortho intramolecular Hbond substituents is 6. The highest BCUT2D eigenvalue weighted by Gasteiger charge is 2.18. The van der Waals surface area contributed by atoms with Gasteiger partial charge in [-0.1, -0.05) is 12.1 Å². The third-order valence-electron chi connectivity index (χ3n) is 4.84. The van der Waals surface area contributed by atoms with Gasteiger partial charge in [-0.05, 0) is 53.9 Å². The molecule has 4 rings (SSSR count). The normalized spacial score (nSPS) is 10.7. The van der Waals surface area contributed by atoms with Crippen molar-refractivity contribution in [1.82, 2.24) is 0 Å². The van der Waals surface area contributed by atoms with Gasteiger partial charge in [0.1, 0.15) is 11.5 Å². The van der Waals surface area contributed by atoms with E-state index in [1.165, 1.54) is 24.3 Å². The maximum Gasteiger partial charge on any atom is 0.343 e. The summed E-state index contributed by atoms with van der Waals surface area (Å²) in [7, 11) is 0. The molecule has 0 spiro atoms. The van der Waals surface area contributed by atoms with Gasteiger partial charge >= 0.3 is 11.9 Å². The summed E-state index contributed by atoms with van der Waals surface area (Å²) in [5, 5.41) is 58.2. The van der Waals surface area contributed by atoms with E-state index in [0.29, 0.717) is 10.8 Å². The van der Waals surface area contributed by atoms with E-state index in [2.05, 4.69) is 0 Å². The summed E-state index contributed by atoms with van der Waals surface area (Å²) in [6, 6.07) is 13.0. The maximum absolute atomic E-state index is 12.5. The Labute approximate surface area is 190 Å². The van der Waals surface area contributed by atoms with Gasteiger partial charge in [-0.2, -0.15) is 0 Å². The molecule has 0 aliphatic carbocycles. The molecule has 0 aliphatic rings. The van der Waals surface area contributed by atoms with Crippen molar-refractivity contribution in [3.8, 4) is 46.0 Å². The number of hydrogen-bond acceptors (Lipinski definition) is 10. The molecular formula is C24H16O10. The summed E-state index contributed by atoms with van der Waals surface area (Å²) < 4.78 is 10.6. The van der Waals surface area contributed by atoms with Crippen LogP contribution in [0.1, 0.15) is 20.7 Å². The van der Waals surface area contributed by atoms with Gasteiger partial charge in [0.2, 0.25) is 0 Å². The van der Waals surface area contributed by atoms with E-state index in [1.54, 1.807) is 12.1 Å². The minimum atomic E-state index is -0.903. The van der Waals surface area contributed by atoms with Gasteiger partial charge in [0.15, 0.2) is 34.5 Å². The van der Waals surface area contributed by atoms with Gasteiger partial charge in [0.25, 0.3) is 0 Å². The second kappa shape index (κ2) is 8.43. The third-order valence-corrected chi connectivity index (χ3v) is 4.84. The first kappa shape index (κ1) is 22.1. The van der Waals surface area contributed by atoms with E-state index >= 15 is 0 Å². The highest BCUT2D eigenvalue weighted by Crippen LogP contribution is 2.37. The van der Waals surface area contributed by atoms with Crippen LogP contribution < -0.4 is 9.47 Å². The van der Waals surface area contributed by atoms with E-state index in [-0.39, 0.29) is 22.6 Å². The van der Waals surface area contributed by atoms with Crippen LogP contribution in [0.15, 0.2) is 60.7 Å². The lowest BCUT2D eigenvalue weighted by Gasteiger charge is -2.11. The average molecular weight is 464 g/mol. The average Bonchev–Trinajstić information content (AvgIpc) is 2.80. The fraction of sp³-hybridized carbons (Fsp3) is 0. The third kappa shape index (κ3) is 4.15. The van der Waals surface area contributed by atoms with Crippen molar-refractivity contribution in [3.05, 3.63) is 71.8 Å². The Morgan fingerprint density at radius 3 is 1.62 bits per heavy atom. The topological polar surface area (TPSA) is 174 Å². The van der Waals surface area contributed by atoms with E-state index < -0.39 is 46.4 Å². The SMILES string of the molecule is O=C(Oc1ccc2c(OC(=O)c3cc(O)c(O)c(O)c3)cccc2c1)c1cc(O)c(O)c(O)c1. The first-order valence-corrected chi connectivity index (χ1v) is 9.61. The van der Waals surface area contributed by atoms with Gasteiger partial charge in [-0.15, -0.1) is 0 Å². The largest absolute Gasteiger partial charge is 0.504 e. The summed E-state index contributed by atoms with van der Waals surface area (Å²) in [6.07, 6.45) is 0. The van der Waals surface area contributed by atoms with Crippen LogP contribution in [-0.4, -0.2) is 42.6 Å². The minimum Gasteiger partial charge on any atom is -0.504 e. The number of carbonyl (C=O) groups is 2. The van der Waals surface area contributed by atoms with Crippen molar-refractivity contribution < 1.29 is 49.7 Å². The van der Waals surface area contributed by atoms with Crippen LogP contribution in [0.5, 0.6) is 46.0 Å². The summed E-state index contributed by atoms with van der Waals surface area (Å²) in [6.45, 7) is 0. The van der Waals surface area contributed by atoms with Crippen molar-refractivity contribution >= 4 is 22.7 Å². The molecule has 0 saturated carbocycles. The Morgan fingerprint density at radius 2 is 1.09 bits per heavy atom. The Morgan fingerprint density at radius 1 is 0.588 bits per heavy atom. The first-order chi connectivity index (χ1) is 16.1. The number of hydrogen-bond donors (Lipinski definition) is 6. The zero-order valence-electron chi connectivity index (χ0n) is 17.1. The molecule has 0 radical (unpaired) electrons. The summed E-state index contributed by atoms with van der Waals surface area (Å²) in [5.41, 5.74) is -0.397. The molecule has 4 aromatic carbocycles. The molecule has 0 heterocycles. The van der Waals surface area contributed by atoms with Crippen molar-refractivity contribution in [3.63, 3.8) is 0 Å². The van der Waals surface area contributed by atoms with Gasteiger partial charge in [0.05, 0.1) is 11.1 Å². The smallest absolute Gasteiger partial charge is 0.343 e. The zero-order valence-corrected chi connectivity index (χ0v) is 17.1. The van der Waals surface area contributed by atoms with Crippen molar-refractivity contribution in [2.24, 2.45) is 0 Å². The Bertz CT molecular complexity index is 1410. The predicted octanol–water partition coefficient (Wildman–Crippen LogP) is 3.51. The van der Waals surface area contributed by atoms with Crippen LogP contribution in [0.3, 0.4) is 0 Å². The number of ether oxygens (including phenoxy) is 2. The van der Waals surface area contributed by atoms with Gasteiger partial charge in [-0.3, -0.25) is 0 Å². The molecule has 4 aromatic rings. The molecule has 0 amide bonds. The second-order valence-corrected chi connectivity index (χ2v) is 7.14. The van der Waals surface area contributed by atoms with Crippen LogP contribution in [0.25, 0.3) is 10.8 Å². The number of benzene rings is 4. The van der Waals surface area contributed by atoms with Crippen molar-refractivity contribution in [2.75, 3.05) is 0 Å². The lowest BCUT2D eigenvalue weighted by atomic mass is 10.1. The van der Waals surface area contributed by atoms with E-state index in [1.807, 2.05) is 0 Å². The Hall–Kier alpha value is -5.12. The molecule has 0 saturated heterocycles. The molecule has 10 nitrogen and oxygen atoms in total. The lowest BCUT2D eigenvalue weighted by molar-refractivity contribution is 0.0726. The Balaban J connectivity index is 1.58. The van der Waals surface area contributed by atoms with Crippen LogP contribution >= 0.6 is 0 Å². The predicted molar refractivity (Wildman–Crippen MR) is 117 cm³/mol. The summed E-state index contributed by atoms with van der Waals surface area (Å²) in [4.78, 5) is 24.8. The molecule has 172 valence electrons. The van der Waals surface area contributed by atoms with E-state index in [4.69, 9.17) is 9.47 Å². The molecule has 0 bridgehead atoms. The maximum atomic E-state index is 12.5. The molecular weight excluding hydrogens is 448 g/mol. The van der Waals surface area contributed by atoms with Gasteiger partial charge in [-0.25, -0.2) is 9.59 Å². The van der Waals surface area contributed by atoms with E-state index in [0.717, 1.165) is 24.3 Å². The molecule has 0 atom stereocenters. The second-order valence-electron chi connectivity index (χ2n) is 7.14. The van der Waals surface area contributed by atoms with Crippen molar-refractivity contribution in [1.29, 1.82) is 0 Å². The highest BCUT2D eigenvalue weighted by atomic mass is 16.5. The molecule has 34 heavy (non-hydrogen) atoms. The highest BCUT2D eigenvalue weighted by molar-refractivity contribution is 5.97. The van der Waals surface area contributed by atoms with Gasteiger partial charge < -0.3 is 40.1 Å². The fourth-order valence-corrected chi connectivity index (χ4v) is 3.15. The lowest BCUT2D eigenvalue weighted by Crippen LogP contribution is -2.09. The number of fused-ring (bicyclic) bond motifs is 1. The molecule has 0 unspecified atom stereocenters. The number of aromatic hydroxyl groups is 6. The number of rotatable bonds is 4. The quantitative estimate of drug-likeness (QED) is 0.149. The Kier molecular flexibility index (Phi) is 5.48. The fourth-order valence-electron chi connectivity index (χ4n) is 3.15. The number of esters is 2. The molecule has 0 aromatic heterocycles. The zero-order chi connectivity index (χ0) is 24.6. The summed E-state index contributed by atoms with van der Waals surface area (Å²) in [5.74, 6) is -5.83. The van der Waals surface area contributed by atoms with Gasteiger partial charge in [0, 0.05) is 5.39 Å². The molecule has 10 heteroatoms. The van der Waals surface area contributed by atoms with Crippen LogP contribution in [0.2, 0.25) is 0 Å². The molecule has 0 aliphatic heterocycles. The standard InChI is InChI=1S/C24H16O10/c25-16-7-12(8-17(26)21(16)29)23(31)33-14-4-5-15-11(6-14)2-1-3-20(15)34-24(32)13-9-18(27)22(30)19(28)10-13/h1-10,25-30H.